The molecule has 24 heavy (non-hydrogen) atoms. The Morgan fingerprint density at radius 3 is 2.25 bits per heavy atom. The molecule has 0 aromatic heterocycles. The largest absolute Gasteiger partial charge is 0.396 e. The van der Waals surface area contributed by atoms with E-state index in [-0.39, 0.29) is 6.61 Å². The normalized spacial score (nSPS) is 50.0. The number of aliphatic hydroxyl groups is 6. The number of rotatable bonds is 5. The van der Waals surface area contributed by atoms with E-state index >= 15 is 0 Å². The van der Waals surface area contributed by atoms with Crippen molar-refractivity contribution in [2.45, 2.75) is 56.1 Å². The minimum atomic E-state index is -1.50. The SMILES string of the molecule is CO[C@@H]1OC(CO)[C@@H](O[C@@H]2OC[C@](C)(CO)C(O)C2O)C(O)C1O. The van der Waals surface area contributed by atoms with Gasteiger partial charge in [0.25, 0.3) is 0 Å². The van der Waals surface area contributed by atoms with Crippen LogP contribution in [0.5, 0.6) is 0 Å². The van der Waals surface area contributed by atoms with Gasteiger partial charge >= 0.3 is 0 Å². The molecule has 2 aliphatic heterocycles. The van der Waals surface area contributed by atoms with Crippen molar-refractivity contribution in [2.24, 2.45) is 5.41 Å². The highest BCUT2D eigenvalue weighted by atomic mass is 16.7. The van der Waals surface area contributed by atoms with Crippen molar-refractivity contribution in [2.75, 3.05) is 26.9 Å². The first-order valence-electron chi connectivity index (χ1n) is 7.68. The summed E-state index contributed by atoms with van der Waals surface area (Å²) in [5.74, 6) is 0. The van der Waals surface area contributed by atoms with E-state index in [1.165, 1.54) is 7.11 Å². The zero-order chi connectivity index (χ0) is 18.1. The summed E-state index contributed by atoms with van der Waals surface area (Å²) in [7, 11) is 1.27. The molecule has 10 heteroatoms. The van der Waals surface area contributed by atoms with E-state index in [2.05, 4.69) is 0 Å². The van der Waals surface area contributed by atoms with Crippen LogP contribution in [0.25, 0.3) is 0 Å². The van der Waals surface area contributed by atoms with Crippen LogP contribution in [0.4, 0.5) is 0 Å². The van der Waals surface area contributed by atoms with Crippen LogP contribution in [-0.4, -0.2) is 107 Å². The number of aliphatic hydroxyl groups excluding tert-OH is 6. The topological polar surface area (TPSA) is 158 Å². The summed E-state index contributed by atoms with van der Waals surface area (Å²) in [4.78, 5) is 0. The number of ether oxygens (including phenoxy) is 4. The van der Waals surface area contributed by atoms with Crippen molar-refractivity contribution in [3.63, 3.8) is 0 Å². The van der Waals surface area contributed by atoms with E-state index < -0.39 is 67.8 Å². The van der Waals surface area contributed by atoms with E-state index in [1.807, 2.05) is 0 Å². The molecule has 9 atom stereocenters. The number of hydrogen-bond donors (Lipinski definition) is 6. The lowest BCUT2D eigenvalue weighted by molar-refractivity contribution is -0.350. The van der Waals surface area contributed by atoms with Crippen LogP contribution in [0.15, 0.2) is 0 Å². The molecule has 2 heterocycles. The molecule has 2 rings (SSSR count). The van der Waals surface area contributed by atoms with Gasteiger partial charge in [0.15, 0.2) is 12.6 Å². The second kappa shape index (κ2) is 7.87. The van der Waals surface area contributed by atoms with Crippen LogP contribution in [0, 0.1) is 5.41 Å². The lowest BCUT2D eigenvalue weighted by Gasteiger charge is -2.47. The summed E-state index contributed by atoms with van der Waals surface area (Å²) >= 11 is 0. The summed E-state index contributed by atoms with van der Waals surface area (Å²) in [5, 5.41) is 59.2. The molecule has 0 radical (unpaired) electrons. The van der Waals surface area contributed by atoms with Crippen LogP contribution in [0.1, 0.15) is 6.92 Å². The van der Waals surface area contributed by atoms with E-state index in [4.69, 9.17) is 18.9 Å². The Balaban J connectivity index is 2.09. The molecule has 0 aromatic carbocycles. The van der Waals surface area contributed by atoms with Gasteiger partial charge in [-0.25, -0.2) is 0 Å². The summed E-state index contributed by atoms with van der Waals surface area (Å²) in [6, 6.07) is 0. The molecule has 0 aromatic rings. The van der Waals surface area contributed by atoms with Gasteiger partial charge in [-0.1, -0.05) is 6.92 Å². The number of hydrogen-bond acceptors (Lipinski definition) is 10. The second-order valence-corrected chi connectivity index (χ2v) is 6.47. The van der Waals surface area contributed by atoms with Gasteiger partial charge in [0.2, 0.25) is 0 Å². The molecule has 6 N–H and O–H groups in total. The Morgan fingerprint density at radius 1 is 1.04 bits per heavy atom. The van der Waals surface area contributed by atoms with E-state index in [0.717, 1.165) is 0 Å². The highest BCUT2D eigenvalue weighted by Crippen LogP contribution is 2.33. The van der Waals surface area contributed by atoms with Gasteiger partial charge in [-0.3, -0.25) is 0 Å². The lowest BCUT2D eigenvalue weighted by atomic mass is 9.81. The van der Waals surface area contributed by atoms with Gasteiger partial charge in [0.05, 0.1) is 25.9 Å². The quantitative estimate of drug-likeness (QED) is 0.293. The Hall–Kier alpha value is -0.400. The highest BCUT2D eigenvalue weighted by Gasteiger charge is 2.51. The fourth-order valence-corrected chi connectivity index (χ4v) is 2.85. The van der Waals surface area contributed by atoms with Crippen molar-refractivity contribution in [3.05, 3.63) is 0 Å². The van der Waals surface area contributed by atoms with E-state index in [0.29, 0.717) is 0 Å². The van der Waals surface area contributed by atoms with Gasteiger partial charge < -0.3 is 49.6 Å². The first kappa shape index (κ1) is 19.9. The summed E-state index contributed by atoms with van der Waals surface area (Å²) < 4.78 is 21.0. The third-order valence-corrected chi connectivity index (χ3v) is 4.60. The van der Waals surface area contributed by atoms with Gasteiger partial charge in [-0.15, -0.1) is 0 Å². The molecular formula is C14H26O10. The van der Waals surface area contributed by atoms with Crippen LogP contribution in [-0.2, 0) is 18.9 Å². The van der Waals surface area contributed by atoms with Gasteiger partial charge in [0.1, 0.15) is 30.5 Å². The molecule has 0 bridgehead atoms. The molecule has 0 saturated carbocycles. The summed E-state index contributed by atoms with van der Waals surface area (Å²) in [5.41, 5.74) is -1.06. The molecular weight excluding hydrogens is 328 g/mol. The lowest BCUT2D eigenvalue weighted by Crippen LogP contribution is -2.64. The number of methoxy groups -OCH3 is 1. The highest BCUT2D eigenvalue weighted by molar-refractivity contribution is 4.95. The van der Waals surface area contributed by atoms with Crippen LogP contribution < -0.4 is 0 Å². The van der Waals surface area contributed by atoms with E-state index in [1.54, 1.807) is 6.92 Å². The second-order valence-electron chi connectivity index (χ2n) is 6.47. The first-order valence-corrected chi connectivity index (χ1v) is 7.68. The van der Waals surface area contributed by atoms with Crippen molar-refractivity contribution in [1.29, 1.82) is 0 Å². The summed E-state index contributed by atoms with van der Waals surface area (Å²) in [6.45, 7) is 0.511. The van der Waals surface area contributed by atoms with Gasteiger partial charge in [0, 0.05) is 12.5 Å². The van der Waals surface area contributed by atoms with Crippen LogP contribution in [0.2, 0.25) is 0 Å². The van der Waals surface area contributed by atoms with Crippen molar-refractivity contribution < 1.29 is 49.6 Å². The zero-order valence-corrected chi connectivity index (χ0v) is 13.6. The van der Waals surface area contributed by atoms with Gasteiger partial charge in [-0.2, -0.15) is 0 Å². The standard InChI is InChI=1S/C14H26O10/c1-14(4-16)5-22-13(9(19)11(14)20)24-10-6(3-15)23-12(21-2)8(18)7(10)17/h6-13,15-20H,3-5H2,1-2H3/t6?,7?,8?,9?,10-,11?,12-,13+,14+/m1/s1. The first-order chi connectivity index (χ1) is 11.3. The Labute approximate surface area is 139 Å². The van der Waals surface area contributed by atoms with Crippen molar-refractivity contribution in [1.82, 2.24) is 0 Å². The third-order valence-electron chi connectivity index (χ3n) is 4.60. The Bertz CT molecular complexity index is 407. The molecule has 142 valence electrons. The maximum absolute atomic E-state index is 10.2. The minimum absolute atomic E-state index is 0.0941. The molecule has 0 aliphatic carbocycles. The summed E-state index contributed by atoms with van der Waals surface area (Å²) in [6.07, 6.45) is -10.5. The molecule has 2 saturated heterocycles. The molecule has 2 aliphatic rings. The Morgan fingerprint density at radius 2 is 1.71 bits per heavy atom. The maximum atomic E-state index is 10.2. The predicted octanol–water partition coefficient (Wildman–Crippen LogP) is -3.47. The zero-order valence-electron chi connectivity index (χ0n) is 13.6. The average molecular weight is 354 g/mol. The fraction of sp³-hybridized carbons (Fsp3) is 1.00. The van der Waals surface area contributed by atoms with Gasteiger partial charge in [-0.05, 0) is 0 Å². The molecule has 10 nitrogen and oxygen atoms in total. The van der Waals surface area contributed by atoms with Crippen molar-refractivity contribution >= 4 is 0 Å². The predicted molar refractivity (Wildman–Crippen MR) is 76.6 cm³/mol. The molecule has 0 amide bonds. The smallest absolute Gasteiger partial charge is 0.186 e. The van der Waals surface area contributed by atoms with Crippen molar-refractivity contribution in [3.8, 4) is 0 Å². The third kappa shape index (κ3) is 3.58. The van der Waals surface area contributed by atoms with Crippen LogP contribution in [0.3, 0.4) is 0 Å². The van der Waals surface area contributed by atoms with Crippen LogP contribution >= 0.6 is 0 Å². The maximum Gasteiger partial charge on any atom is 0.186 e. The average Bonchev–Trinajstić information content (AvgIpc) is 2.59. The molecule has 2 fully saturated rings. The Kier molecular flexibility index (Phi) is 6.53. The monoisotopic (exact) mass is 354 g/mol. The fourth-order valence-electron chi connectivity index (χ4n) is 2.85. The minimum Gasteiger partial charge on any atom is -0.396 e. The van der Waals surface area contributed by atoms with E-state index in [9.17, 15) is 30.6 Å². The molecule has 0 spiro atoms. The molecule has 5 unspecified atom stereocenters.